The van der Waals surface area contributed by atoms with Gasteiger partial charge >= 0.3 is 0 Å². The second kappa shape index (κ2) is 7.63. The molecule has 0 aliphatic carbocycles. The van der Waals surface area contributed by atoms with E-state index in [1.807, 2.05) is 44.2 Å². The molecule has 1 aromatic carbocycles. The van der Waals surface area contributed by atoms with Gasteiger partial charge in [-0.1, -0.05) is 19.1 Å². The molecule has 0 saturated carbocycles. The number of benzene rings is 1. The van der Waals surface area contributed by atoms with Gasteiger partial charge in [0.05, 0.1) is 0 Å². The molecule has 0 saturated heterocycles. The molecule has 2 rings (SSSR count). The number of amides is 1. The molecule has 0 aliphatic heterocycles. The van der Waals surface area contributed by atoms with Crippen LogP contribution in [0.5, 0.6) is 5.75 Å². The van der Waals surface area contributed by atoms with Crippen molar-refractivity contribution < 1.29 is 9.53 Å². The molecule has 2 N–H and O–H groups in total. The normalized spacial score (nSPS) is 10.4. The van der Waals surface area contributed by atoms with E-state index in [1.165, 1.54) is 5.56 Å². The number of nitrogens with one attached hydrogen (secondary N) is 2. The first-order valence-electron chi connectivity index (χ1n) is 7.67. The molecule has 23 heavy (non-hydrogen) atoms. The Morgan fingerprint density at radius 2 is 1.91 bits per heavy atom. The van der Waals surface area contributed by atoms with Crippen LogP contribution in [0, 0.1) is 13.8 Å². The Morgan fingerprint density at radius 3 is 2.52 bits per heavy atom. The highest BCUT2D eigenvalue weighted by Crippen LogP contribution is 2.12. The zero-order valence-electron chi connectivity index (χ0n) is 13.7. The Labute approximate surface area is 135 Å². The van der Waals surface area contributed by atoms with E-state index in [0.29, 0.717) is 11.3 Å². The van der Waals surface area contributed by atoms with E-state index in [9.17, 15) is 9.59 Å². The molecule has 5 heteroatoms. The zero-order chi connectivity index (χ0) is 16.8. The number of ether oxygens (including phenoxy) is 1. The molecule has 1 amide bonds. The van der Waals surface area contributed by atoms with Crippen LogP contribution in [0.15, 0.2) is 35.1 Å². The van der Waals surface area contributed by atoms with Gasteiger partial charge in [0.25, 0.3) is 11.5 Å². The predicted molar refractivity (Wildman–Crippen MR) is 89.7 cm³/mol. The van der Waals surface area contributed by atoms with Crippen molar-refractivity contribution in [2.45, 2.75) is 33.7 Å². The average molecular weight is 314 g/mol. The van der Waals surface area contributed by atoms with Crippen LogP contribution in [0.1, 0.15) is 29.3 Å². The third kappa shape index (κ3) is 4.71. The van der Waals surface area contributed by atoms with E-state index in [2.05, 4.69) is 17.2 Å². The quantitative estimate of drug-likeness (QED) is 0.859. The highest BCUT2D eigenvalue weighted by molar-refractivity contribution is 5.77. The molecule has 1 aromatic heterocycles. The van der Waals surface area contributed by atoms with Crippen LogP contribution >= 0.6 is 0 Å². The van der Waals surface area contributed by atoms with Gasteiger partial charge in [-0.05, 0) is 49.6 Å². The number of aryl methyl sites for hydroxylation is 3. The highest BCUT2D eigenvalue weighted by Gasteiger charge is 2.08. The smallest absolute Gasteiger partial charge is 0.258 e. The van der Waals surface area contributed by atoms with E-state index in [1.54, 1.807) is 0 Å². The van der Waals surface area contributed by atoms with Gasteiger partial charge in [0.15, 0.2) is 6.61 Å². The average Bonchev–Trinajstić information content (AvgIpc) is 2.52. The summed E-state index contributed by atoms with van der Waals surface area (Å²) in [6, 6.07) is 9.53. The molecule has 0 radical (unpaired) electrons. The summed E-state index contributed by atoms with van der Waals surface area (Å²) in [4.78, 5) is 26.5. The molecule has 0 atom stereocenters. The first-order valence-corrected chi connectivity index (χ1v) is 7.67. The van der Waals surface area contributed by atoms with Crippen molar-refractivity contribution >= 4 is 5.91 Å². The largest absolute Gasteiger partial charge is 0.484 e. The van der Waals surface area contributed by atoms with Gasteiger partial charge < -0.3 is 15.0 Å². The monoisotopic (exact) mass is 314 g/mol. The summed E-state index contributed by atoms with van der Waals surface area (Å²) < 4.78 is 5.44. The van der Waals surface area contributed by atoms with Crippen molar-refractivity contribution in [3.05, 3.63) is 63.1 Å². The topological polar surface area (TPSA) is 71.2 Å². The second-order valence-corrected chi connectivity index (χ2v) is 5.51. The number of aromatic amines is 1. The van der Waals surface area contributed by atoms with Crippen molar-refractivity contribution in [1.82, 2.24) is 10.3 Å². The fraction of sp³-hybridized carbons (Fsp3) is 0.333. The molecular weight excluding hydrogens is 292 g/mol. The van der Waals surface area contributed by atoms with Crippen LogP contribution in [0.2, 0.25) is 0 Å². The number of hydrogen-bond donors (Lipinski definition) is 2. The van der Waals surface area contributed by atoms with Crippen LogP contribution in [0.3, 0.4) is 0 Å². The van der Waals surface area contributed by atoms with E-state index in [0.717, 1.165) is 17.7 Å². The van der Waals surface area contributed by atoms with E-state index < -0.39 is 0 Å². The Hall–Kier alpha value is -2.56. The Balaban J connectivity index is 1.87. The summed E-state index contributed by atoms with van der Waals surface area (Å²) in [6.45, 7) is 5.88. The summed E-state index contributed by atoms with van der Waals surface area (Å²) >= 11 is 0. The molecule has 0 unspecified atom stereocenters. The summed E-state index contributed by atoms with van der Waals surface area (Å²) in [5.41, 5.74) is 3.29. The number of rotatable bonds is 6. The first-order chi connectivity index (χ1) is 11.0. The van der Waals surface area contributed by atoms with Gasteiger partial charge in [-0.25, -0.2) is 0 Å². The van der Waals surface area contributed by atoms with Crippen LogP contribution in [-0.2, 0) is 17.8 Å². The Morgan fingerprint density at radius 1 is 1.22 bits per heavy atom. The summed E-state index contributed by atoms with van der Waals surface area (Å²) in [5.74, 6) is 0.394. The highest BCUT2D eigenvalue weighted by atomic mass is 16.5. The Bertz CT molecular complexity index is 733. The lowest BCUT2D eigenvalue weighted by atomic mass is 10.1. The van der Waals surface area contributed by atoms with Crippen LogP contribution in [0.25, 0.3) is 0 Å². The molecule has 0 bridgehead atoms. The lowest BCUT2D eigenvalue weighted by molar-refractivity contribution is -0.123. The lowest BCUT2D eigenvalue weighted by Gasteiger charge is -2.09. The number of carbonyl (C=O) groups excluding carboxylic acids is 1. The number of carbonyl (C=O) groups is 1. The van der Waals surface area contributed by atoms with E-state index >= 15 is 0 Å². The van der Waals surface area contributed by atoms with Gasteiger partial charge in [-0.3, -0.25) is 9.59 Å². The maximum absolute atomic E-state index is 11.9. The van der Waals surface area contributed by atoms with Crippen LogP contribution < -0.4 is 15.6 Å². The SMILES string of the molecule is CCc1ccc(OCC(=O)NCc2c(C)cc(C)[nH]c2=O)cc1. The van der Waals surface area contributed by atoms with Crippen molar-refractivity contribution in [3.63, 3.8) is 0 Å². The molecule has 122 valence electrons. The van der Waals surface area contributed by atoms with Crippen molar-refractivity contribution in [2.75, 3.05) is 6.61 Å². The minimum Gasteiger partial charge on any atom is -0.484 e. The second-order valence-electron chi connectivity index (χ2n) is 5.51. The third-order valence-corrected chi connectivity index (χ3v) is 3.66. The number of pyridine rings is 1. The number of hydrogen-bond acceptors (Lipinski definition) is 3. The maximum atomic E-state index is 11.9. The maximum Gasteiger partial charge on any atom is 0.258 e. The van der Waals surface area contributed by atoms with Gasteiger partial charge in [-0.2, -0.15) is 0 Å². The van der Waals surface area contributed by atoms with Gasteiger partial charge in [0.1, 0.15) is 5.75 Å². The molecule has 0 fully saturated rings. The summed E-state index contributed by atoms with van der Waals surface area (Å²) in [6.07, 6.45) is 0.964. The molecule has 2 aromatic rings. The fourth-order valence-electron chi connectivity index (χ4n) is 2.31. The summed E-state index contributed by atoms with van der Waals surface area (Å²) in [5, 5.41) is 2.71. The predicted octanol–water partition coefficient (Wildman–Crippen LogP) is 2.25. The number of aromatic nitrogens is 1. The molecule has 0 aliphatic rings. The molecule has 1 heterocycles. The Kier molecular flexibility index (Phi) is 5.57. The van der Waals surface area contributed by atoms with Crippen molar-refractivity contribution in [1.29, 1.82) is 0 Å². The third-order valence-electron chi connectivity index (χ3n) is 3.66. The van der Waals surface area contributed by atoms with Crippen molar-refractivity contribution in [2.24, 2.45) is 0 Å². The molecular formula is C18H22N2O3. The summed E-state index contributed by atoms with van der Waals surface area (Å²) in [7, 11) is 0. The standard InChI is InChI=1S/C18H22N2O3/c1-4-14-5-7-15(8-6-14)23-11-17(21)19-10-16-12(2)9-13(3)20-18(16)22/h5-9H,4,10-11H2,1-3H3,(H,19,21)(H,20,22). The minimum atomic E-state index is -0.260. The van der Waals surface area contributed by atoms with E-state index in [-0.39, 0.29) is 24.6 Å². The molecule has 0 spiro atoms. The van der Waals surface area contributed by atoms with E-state index in [4.69, 9.17) is 4.74 Å². The van der Waals surface area contributed by atoms with Gasteiger partial charge in [0, 0.05) is 17.8 Å². The molecule has 5 nitrogen and oxygen atoms in total. The van der Waals surface area contributed by atoms with Gasteiger partial charge in [0.2, 0.25) is 0 Å². The zero-order valence-corrected chi connectivity index (χ0v) is 13.7. The fourth-order valence-corrected chi connectivity index (χ4v) is 2.31. The first kappa shape index (κ1) is 16.8. The van der Waals surface area contributed by atoms with Crippen LogP contribution in [-0.4, -0.2) is 17.5 Å². The van der Waals surface area contributed by atoms with Gasteiger partial charge in [-0.15, -0.1) is 0 Å². The number of H-pyrrole nitrogens is 1. The van der Waals surface area contributed by atoms with Crippen LogP contribution in [0.4, 0.5) is 0 Å². The minimum absolute atomic E-state index is 0.0751. The van der Waals surface area contributed by atoms with Crippen molar-refractivity contribution in [3.8, 4) is 5.75 Å². The lowest BCUT2D eigenvalue weighted by Crippen LogP contribution is -2.31.